The molecule has 10 nitrogen and oxygen atoms in total. The number of benzene rings is 1. The van der Waals surface area contributed by atoms with Crippen LogP contribution in [0.15, 0.2) is 42.6 Å². The molecule has 0 saturated carbocycles. The third-order valence-electron chi connectivity index (χ3n) is 4.31. The second-order valence-corrected chi connectivity index (χ2v) is 6.25. The highest BCUT2D eigenvalue weighted by atomic mass is 19.1. The van der Waals surface area contributed by atoms with E-state index in [1.165, 1.54) is 13.2 Å². The summed E-state index contributed by atoms with van der Waals surface area (Å²) in [7, 11) is 3.00. The summed E-state index contributed by atoms with van der Waals surface area (Å²) in [5.74, 6) is 0.428. The Bertz CT molecular complexity index is 1190. The van der Waals surface area contributed by atoms with Gasteiger partial charge in [0.2, 0.25) is 0 Å². The molecule has 0 aliphatic heterocycles. The van der Waals surface area contributed by atoms with Gasteiger partial charge in [0.05, 0.1) is 19.0 Å². The van der Waals surface area contributed by atoms with Gasteiger partial charge in [0, 0.05) is 18.8 Å². The Kier molecular flexibility index (Phi) is 6.55. The average Bonchev–Trinajstić information content (AvgIpc) is 3.14. The van der Waals surface area contributed by atoms with Crippen LogP contribution in [0.3, 0.4) is 0 Å². The van der Waals surface area contributed by atoms with Gasteiger partial charge in [-0.2, -0.15) is 5.10 Å². The van der Waals surface area contributed by atoms with Crippen LogP contribution in [-0.2, 0) is 16.1 Å². The SMILES string of the molecule is CNc1c(N)nc(-c2nn(Cc3ccccc3F)c3ncccc23)nc1N.COC=O. The number of nitrogen functional groups attached to an aromatic ring is 2. The minimum Gasteiger partial charge on any atom is -0.471 e. The Balaban J connectivity index is 0.000000628. The molecule has 0 unspecified atom stereocenters. The van der Waals surface area contributed by atoms with Gasteiger partial charge in [0.15, 0.2) is 23.1 Å². The molecule has 0 atom stereocenters. The maximum atomic E-state index is 14.1. The van der Waals surface area contributed by atoms with E-state index in [9.17, 15) is 4.39 Å². The lowest BCUT2D eigenvalue weighted by atomic mass is 10.2. The van der Waals surface area contributed by atoms with Crippen LogP contribution in [0.25, 0.3) is 22.6 Å². The van der Waals surface area contributed by atoms with Crippen molar-refractivity contribution in [2.45, 2.75) is 6.54 Å². The molecule has 11 heteroatoms. The van der Waals surface area contributed by atoms with E-state index >= 15 is 0 Å². The summed E-state index contributed by atoms with van der Waals surface area (Å²) in [6, 6.07) is 10.2. The largest absolute Gasteiger partial charge is 0.471 e. The molecule has 0 fully saturated rings. The molecule has 0 amide bonds. The molecule has 4 aromatic rings. The monoisotopic (exact) mass is 424 g/mol. The maximum absolute atomic E-state index is 14.1. The number of nitrogens with two attached hydrogens (primary N) is 2. The maximum Gasteiger partial charge on any atom is 0.292 e. The topological polar surface area (TPSA) is 147 Å². The van der Waals surface area contributed by atoms with Gasteiger partial charge in [0.1, 0.15) is 17.2 Å². The van der Waals surface area contributed by atoms with E-state index in [-0.39, 0.29) is 29.8 Å². The van der Waals surface area contributed by atoms with Crippen LogP contribution in [0.2, 0.25) is 0 Å². The van der Waals surface area contributed by atoms with Crippen molar-refractivity contribution in [2.75, 3.05) is 30.9 Å². The molecule has 3 aromatic heterocycles. The first-order chi connectivity index (χ1) is 15.0. The highest BCUT2D eigenvalue weighted by Gasteiger charge is 2.19. The summed E-state index contributed by atoms with van der Waals surface area (Å²) >= 11 is 0. The van der Waals surface area contributed by atoms with Crippen molar-refractivity contribution in [1.29, 1.82) is 0 Å². The molecule has 0 radical (unpaired) electrons. The molecule has 160 valence electrons. The van der Waals surface area contributed by atoms with Gasteiger partial charge in [-0.15, -0.1) is 0 Å². The van der Waals surface area contributed by atoms with Gasteiger partial charge in [-0.1, -0.05) is 18.2 Å². The number of aromatic nitrogens is 5. The van der Waals surface area contributed by atoms with E-state index in [1.807, 2.05) is 6.07 Å². The van der Waals surface area contributed by atoms with Crippen LogP contribution in [-0.4, -0.2) is 45.4 Å². The Hall–Kier alpha value is -4.28. The number of halogens is 1. The number of pyridine rings is 1. The first kappa shape index (κ1) is 21.4. The summed E-state index contributed by atoms with van der Waals surface area (Å²) in [6.07, 6.45) is 1.65. The molecule has 0 aliphatic carbocycles. The van der Waals surface area contributed by atoms with Gasteiger partial charge < -0.3 is 21.5 Å². The highest BCUT2D eigenvalue weighted by molar-refractivity contribution is 5.90. The molecule has 0 bridgehead atoms. The number of rotatable bonds is 5. The number of ether oxygens (including phenoxy) is 1. The highest BCUT2D eigenvalue weighted by Crippen LogP contribution is 2.29. The van der Waals surface area contributed by atoms with Crippen LogP contribution >= 0.6 is 0 Å². The zero-order valence-corrected chi connectivity index (χ0v) is 16.9. The molecule has 0 spiro atoms. The summed E-state index contributed by atoms with van der Waals surface area (Å²) in [6.45, 7) is 0.597. The predicted molar refractivity (Wildman–Crippen MR) is 116 cm³/mol. The molecule has 4 rings (SSSR count). The van der Waals surface area contributed by atoms with E-state index in [4.69, 9.17) is 16.3 Å². The molecule has 31 heavy (non-hydrogen) atoms. The normalized spacial score (nSPS) is 10.3. The van der Waals surface area contributed by atoms with Crippen LogP contribution in [0.4, 0.5) is 21.7 Å². The van der Waals surface area contributed by atoms with Crippen molar-refractivity contribution >= 4 is 34.8 Å². The van der Waals surface area contributed by atoms with Crippen LogP contribution in [0.5, 0.6) is 0 Å². The number of nitrogens with zero attached hydrogens (tertiary/aromatic N) is 5. The fourth-order valence-electron chi connectivity index (χ4n) is 2.93. The Morgan fingerprint density at radius 1 is 1.16 bits per heavy atom. The predicted octanol–water partition coefficient (Wildman–Crippen LogP) is 2.07. The van der Waals surface area contributed by atoms with Crippen molar-refractivity contribution in [1.82, 2.24) is 24.7 Å². The third kappa shape index (κ3) is 4.50. The number of anilines is 3. The van der Waals surface area contributed by atoms with Gasteiger partial charge in [-0.3, -0.25) is 4.79 Å². The fourth-order valence-corrected chi connectivity index (χ4v) is 2.93. The van der Waals surface area contributed by atoms with E-state index in [0.29, 0.717) is 29.1 Å². The number of fused-ring (bicyclic) bond motifs is 1. The third-order valence-corrected chi connectivity index (χ3v) is 4.31. The number of carbonyl (C=O) groups excluding carboxylic acids is 1. The molecule has 0 aliphatic rings. The smallest absolute Gasteiger partial charge is 0.292 e. The minimum absolute atomic E-state index is 0.222. The van der Waals surface area contributed by atoms with Gasteiger partial charge >= 0.3 is 0 Å². The minimum atomic E-state index is -0.304. The van der Waals surface area contributed by atoms with Crippen molar-refractivity contribution < 1.29 is 13.9 Å². The lowest BCUT2D eigenvalue weighted by Gasteiger charge is -2.08. The molecule has 3 heterocycles. The molecular weight excluding hydrogens is 403 g/mol. The summed E-state index contributed by atoms with van der Waals surface area (Å²) in [4.78, 5) is 21.9. The number of nitrogens with one attached hydrogen (secondary N) is 1. The lowest BCUT2D eigenvalue weighted by molar-refractivity contribution is -0.126. The summed E-state index contributed by atoms with van der Waals surface area (Å²) in [5.41, 5.74) is 14.0. The van der Waals surface area contributed by atoms with Crippen molar-refractivity contribution in [3.05, 3.63) is 54.0 Å². The summed E-state index contributed by atoms with van der Waals surface area (Å²) < 4.78 is 19.5. The van der Waals surface area contributed by atoms with E-state index < -0.39 is 0 Å². The quantitative estimate of drug-likeness (QED) is 0.410. The van der Waals surface area contributed by atoms with E-state index in [1.54, 1.807) is 42.2 Å². The molecule has 5 N–H and O–H groups in total. The zero-order valence-electron chi connectivity index (χ0n) is 16.9. The zero-order chi connectivity index (χ0) is 22.4. The Labute approximate surface area is 177 Å². The molecular formula is C20H21FN8O2. The van der Waals surface area contributed by atoms with E-state index in [2.05, 4.69) is 30.1 Å². The van der Waals surface area contributed by atoms with Crippen molar-refractivity contribution in [2.24, 2.45) is 0 Å². The number of hydrogen-bond donors (Lipinski definition) is 3. The fraction of sp³-hybridized carbons (Fsp3) is 0.150. The number of carbonyl (C=O) groups is 1. The second-order valence-electron chi connectivity index (χ2n) is 6.25. The van der Waals surface area contributed by atoms with E-state index in [0.717, 1.165) is 5.39 Å². The first-order valence-corrected chi connectivity index (χ1v) is 9.12. The van der Waals surface area contributed by atoms with Crippen LogP contribution in [0, 0.1) is 5.82 Å². The lowest BCUT2D eigenvalue weighted by Crippen LogP contribution is -2.08. The second kappa shape index (κ2) is 9.48. The number of hydrogen-bond acceptors (Lipinski definition) is 9. The Morgan fingerprint density at radius 3 is 2.45 bits per heavy atom. The van der Waals surface area contributed by atoms with Gasteiger partial charge in [-0.25, -0.2) is 24.0 Å². The van der Waals surface area contributed by atoms with Crippen LogP contribution in [0.1, 0.15) is 5.56 Å². The molecule has 0 saturated heterocycles. The van der Waals surface area contributed by atoms with Gasteiger partial charge in [-0.05, 0) is 18.2 Å². The van der Waals surface area contributed by atoms with Crippen molar-refractivity contribution in [3.8, 4) is 11.5 Å². The summed E-state index contributed by atoms with van der Waals surface area (Å²) in [5, 5.41) is 8.16. The van der Waals surface area contributed by atoms with Crippen LogP contribution < -0.4 is 16.8 Å². The first-order valence-electron chi connectivity index (χ1n) is 9.12. The number of methoxy groups -OCH3 is 1. The standard InChI is InChI=1S/C18H17FN8.C2H4O2/c1-22-14-15(20)24-17(25-16(14)21)13-11-6-4-8-23-18(11)27(26-13)9-10-5-2-3-7-12(10)19;1-4-2-3/h2-8,22H,9H2,1H3,(H4,20,21,24,25);2H,1H3. The van der Waals surface area contributed by atoms with Gasteiger partial charge in [0.25, 0.3) is 6.47 Å². The molecule has 1 aromatic carbocycles. The average molecular weight is 424 g/mol. The van der Waals surface area contributed by atoms with Crippen molar-refractivity contribution in [3.63, 3.8) is 0 Å². The Morgan fingerprint density at radius 2 is 1.84 bits per heavy atom.